The molecule has 206 valence electrons. The molecule has 0 spiro atoms. The number of primary amides is 1. The molecule has 0 aromatic heterocycles. The van der Waals surface area contributed by atoms with Gasteiger partial charge in [0.25, 0.3) is 0 Å². The van der Waals surface area contributed by atoms with Gasteiger partial charge in [0.15, 0.2) is 0 Å². The zero-order valence-corrected chi connectivity index (χ0v) is 23.9. The molecule has 1 unspecified atom stereocenters. The minimum Gasteiger partial charge on any atom is -0.481 e. The molecule has 9 heteroatoms. The molecule has 0 fully saturated rings. The summed E-state index contributed by atoms with van der Waals surface area (Å²) in [6.07, 6.45) is 3.80. The van der Waals surface area contributed by atoms with Gasteiger partial charge >= 0.3 is 18.0 Å². The first-order valence-electron chi connectivity index (χ1n) is 13.1. The van der Waals surface area contributed by atoms with Gasteiger partial charge in [-0.05, 0) is 94.8 Å². The van der Waals surface area contributed by atoms with E-state index in [0.717, 1.165) is 23.7 Å². The summed E-state index contributed by atoms with van der Waals surface area (Å²) in [7, 11) is 0. The predicted octanol–water partition coefficient (Wildman–Crippen LogP) is 5.68. The number of urea groups is 1. The van der Waals surface area contributed by atoms with Crippen LogP contribution in [0, 0.1) is 0 Å². The Kier molecular flexibility index (Phi) is 10.3. The van der Waals surface area contributed by atoms with Gasteiger partial charge in [0.2, 0.25) is 0 Å². The molecule has 2 atom stereocenters. The van der Waals surface area contributed by atoms with Gasteiger partial charge in [-0.15, -0.1) is 0 Å². The SMILES string of the molecule is CC(C)(C)OC(=O)[C@H](CCN(CCCC(=O)O)C1CCCc2ccccc21)N(C(N)=O)c1ccc(Br)cc1. The van der Waals surface area contributed by atoms with E-state index in [2.05, 4.69) is 33.0 Å². The van der Waals surface area contributed by atoms with E-state index in [1.807, 2.05) is 12.1 Å². The van der Waals surface area contributed by atoms with Crippen molar-refractivity contribution in [2.45, 2.75) is 77.0 Å². The molecular weight excluding hydrogens is 550 g/mol. The summed E-state index contributed by atoms with van der Waals surface area (Å²) in [6.45, 7) is 6.37. The second kappa shape index (κ2) is 13.2. The predicted molar refractivity (Wildman–Crippen MR) is 151 cm³/mol. The summed E-state index contributed by atoms with van der Waals surface area (Å²) in [4.78, 5) is 41.0. The molecule has 2 aromatic rings. The number of amides is 2. The highest BCUT2D eigenvalue weighted by Crippen LogP contribution is 2.35. The third kappa shape index (κ3) is 8.30. The largest absolute Gasteiger partial charge is 0.481 e. The molecule has 38 heavy (non-hydrogen) atoms. The van der Waals surface area contributed by atoms with E-state index < -0.39 is 29.6 Å². The summed E-state index contributed by atoms with van der Waals surface area (Å²) in [5, 5.41) is 9.23. The van der Waals surface area contributed by atoms with Crippen molar-refractivity contribution in [2.24, 2.45) is 5.73 Å². The number of fused-ring (bicyclic) bond motifs is 1. The van der Waals surface area contributed by atoms with Gasteiger partial charge in [-0.1, -0.05) is 40.2 Å². The summed E-state index contributed by atoms with van der Waals surface area (Å²) < 4.78 is 6.56. The van der Waals surface area contributed by atoms with Crippen molar-refractivity contribution < 1.29 is 24.2 Å². The van der Waals surface area contributed by atoms with Crippen molar-refractivity contribution >= 4 is 39.6 Å². The topological polar surface area (TPSA) is 113 Å². The molecule has 0 bridgehead atoms. The van der Waals surface area contributed by atoms with Crippen LogP contribution in [0.3, 0.4) is 0 Å². The van der Waals surface area contributed by atoms with Gasteiger partial charge < -0.3 is 15.6 Å². The lowest BCUT2D eigenvalue weighted by molar-refractivity contribution is -0.156. The number of hydrogen-bond acceptors (Lipinski definition) is 5. The molecule has 0 saturated heterocycles. The van der Waals surface area contributed by atoms with Crippen LogP contribution in [-0.2, 0) is 20.7 Å². The van der Waals surface area contributed by atoms with E-state index in [4.69, 9.17) is 10.5 Å². The number of carbonyl (C=O) groups excluding carboxylic acids is 2. The second-order valence-corrected chi connectivity index (χ2v) is 11.6. The molecule has 0 radical (unpaired) electrons. The third-order valence-corrected chi connectivity index (χ3v) is 7.17. The van der Waals surface area contributed by atoms with E-state index >= 15 is 0 Å². The molecule has 3 N–H and O–H groups in total. The van der Waals surface area contributed by atoms with Crippen LogP contribution in [0.4, 0.5) is 10.5 Å². The van der Waals surface area contributed by atoms with Crippen LogP contribution >= 0.6 is 15.9 Å². The van der Waals surface area contributed by atoms with Crippen LogP contribution in [0.5, 0.6) is 0 Å². The summed E-state index contributed by atoms with van der Waals surface area (Å²) in [5.41, 5.74) is 8.11. The number of carbonyl (C=O) groups is 3. The molecule has 0 heterocycles. The molecule has 3 rings (SSSR count). The maximum Gasteiger partial charge on any atom is 0.329 e. The number of hydrogen-bond donors (Lipinski definition) is 2. The lowest BCUT2D eigenvalue weighted by atomic mass is 9.86. The number of halogens is 1. The summed E-state index contributed by atoms with van der Waals surface area (Å²) in [6, 6.07) is 13.8. The average Bonchev–Trinajstić information content (AvgIpc) is 2.84. The van der Waals surface area contributed by atoms with Gasteiger partial charge in [-0.3, -0.25) is 14.6 Å². The molecule has 2 aromatic carbocycles. The minimum absolute atomic E-state index is 0.0622. The number of carboxylic acid groups (broad SMARTS) is 1. The second-order valence-electron chi connectivity index (χ2n) is 10.7. The minimum atomic E-state index is -0.950. The van der Waals surface area contributed by atoms with Crippen LogP contribution in [0.1, 0.15) is 70.0 Å². The molecule has 0 saturated carbocycles. The van der Waals surface area contributed by atoms with Gasteiger partial charge in [0.1, 0.15) is 11.6 Å². The average molecular weight is 589 g/mol. The number of ether oxygens (including phenoxy) is 1. The molecular formula is C29H38BrN3O5. The lowest BCUT2D eigenvalue weighted by Gasteiger charge is -2.38. The van der Waals surface area contributed by atoms with E-state index in [1.54, 1.807) is 45.0 Å². The number of benzene rings is 2. The highest BCUT2D eigenvalue weighted by molar-refractivity contribution is 9.10. The normalized spacial score (nSPS) is 16.0. The van der Waals surface area contributed by atoms with Gasteiger partial charge in [-0.25, -0.2) is 9.59 Å². The number of anilines is 1. The maximum absolute atomic E-state index is 13.5. The molecule has 1 aliphatic rings. The lowest BCUT2D eigenvalue weighted by Crippen LogP contribution is -2.51. The van der Waals surface area contributed by atoms with Crippen molar-refractivity contribution in [1.29, 1.82) is 0 Å². The van der Waals surface area contributed by atoms with E-state index in [0.29, 0.717) is 25.2 Å². The standard InChI is InChI=1S/C29H38BrN3O5/c1-29(2,3)38-27(36)25(33(28(31)37)22-15-13-21(30)14-16-22)17-19-32(18-7-12-26(34)35)24-11-6-9-20-8-4-5-10-23(20)24/h4-5,8,10,13-16,24-25H,6-7,9,11-12,17-19H2,1-3H3,(H2,31,37)(H,34,35)/t24?,25-/m0/s1. The van der Waals surface area contributed by atoms with Crippen molar-refractivity contribution in [3.8, 4) is 0 Å². The Morgan fingerprint density at radius 2 is 1.79 bits per heavy atom. The molecule has 0 aliphatic heterocycles. The Morgan fingerprint density at radius 1 is 1.11 bits per heavy atom. The fraction of sp³-hybridized carbons (Fsp3) is 0.483. The van der Waals surface area contributed by atoms with Crippen LogP contribution in [0.25, 0.3) is 0 Å². The van der Waals surface area contributed by atoms with Crippen molar-refractivity contribution in [1.82, 2.24) is 4.90 Å². The number of nitrogens with two attached hydrogens (primary N) is 1. The fourth-order valence-electron chi connectivity index (χ4n) is 5.04. The van der Waals surface area contributed by atoms with E-state index in [1.165, 1.54) is 16.0 Å². The zero-order chi connectivity index (χ0) is 27.9. The first-order valence-corrected chi connectivity index (χ1v) is 13.9. The number of aliphatic carboxylic acids is 1. The van der Waals surface area contributed by atoms with Gasteiger partial charge in [0.05, 0.1) is 0 Å². The Hall–Kier alpha value is -2.91. The number of esters is 1. The number of carboxylic acids is 1. The van der Waals surface area contributed by atoms with Gasteiger partial charge in [0, 0.05) is 29.2 Å². The molecule has 8 nitrogen and oxygen atoms in total. The Bertz CT molecular complexity index is 1120. The first kappa shape index (κ1) is 29.6. The highest BCUT2D eigenvalue weighted by Gasteiger charge is 2.35. The third-order valence-electron chi connectivity index (χ3n) is 6.64. The molecule has 1 aliphatic carbocycles. The summed E-state index contributed by atoms with van der Waals surface area (Å²) in [5.74, 6) is -1.37. The van der Waals surface area contributed by atoms with E-state index in [9.17, 15) is 19.5 Å². The van der Waals surface area contributed by atoms with Crippen LogP contribution in [-0.4, -0.2) is 52.7 Å². The van der Waals surface area contributed by atoms with Crippen molar-refractivity contribution in [2.75, 3.05) is 18.0 Å². The number of rotatable bonds is 11. The fourth-order valence-corrected chi connectivity index (χ4v) is 5.30. The van der Waals surface area contributed by atoms with Crippen molar-refractivity contribution in [3.05, 3.63) is 64.1 Å². The molecule has 2 amide bonds. The summed E-state index contributed by atoms with van der Waals surface area (Å²) >= 11 is 3.40. The quantitative estimate of drug-likeness (QED) is 0.327. The Balaban J connectivity index is 1.92. The van der Waals surface area contributed by atoms with Crippen LogP contribution < -0.4 is 10.6 Å². The Labute approximate surface area is 233 Å². The maximum atomic E-state index is 13.5. The van der Waals surface area contributed by atoms with Crippen LogP contribution in [0.2, 0.25) is 0 Å². The van der Waals surface area contributed by atoms with Crippen LogP contribution in [0.15, 0.2) is 53.0 Å². The smallest absolute Gasteiger partial charge is 0.329 e. The van der Waals surface area contributed by atoms with E-state index in [-0.39, 0.29) is 18.9 Å². The van der Waals surface area contributed by atoms with Crippen molar-refractivity contribution in [3.63, 3.8) is 0 Å². The monoisotopic (exact) mass is 587 g/mol. The highest BCUT2D eigenvalue weighted by atomic mass is 79.9. The van der Waals surface area contributed by atoms with Gasteiger partial charge in [-0.2, -0.15) is 0 Å². The number of aryl methyl sites for hydroxylation is 1. The Morgan fingerprint density at radius 3 is 2.42 bits per heavy atom. The number of nitrogens with zero attached hydrogens (tertiary/aromatic N) is 2. The first-order chi connectivity index (χ1) is 18.0. The zero-order valence-electron chi connectivity index (χ0n) is 22.4.